The van der Waals surface area contributed by atoms with Gasteiger partial charge in [-0.1, -0.05) is 48.6 Å². The Hall–Kier alpha value is -2.53. The Morgan fingerprint density at radius 3 is 2.81 bits per heavy atom. The predicted molar refractivity (Wildman–Crippen MR) is 87.4 cm³/mol. The average Bonchev–Trinajstić information content (AvgIpc) is 2.51. The molecule has 0 saturated heterocycles. The summed E-state index contributed by atoms with van der Waals surface area (Å²) in [5.41, 5.74) is 7.25. The van der Waals surface area contributed by atoms with Crippen LogP contribution in [0.5, 0.6) is 0 Å². The Kier molecular flexibility index (Phi) is 3.50. The maximum absolute atomic E-state index is 12.4. The van der Waals surface area contributed by atoms with E-state index in [-0.39, 0.29) is 5.56 Å². The molecule has 0 saturated carbocycles. The number of benzene rings is 2. The van der Waals surface area contributed by atoms with Crippen molar-refractivity contribution >= 4 is 28.0 Å². The fourth-order valence-electron chi connectivity index (χ4n) is 2.24. The third-order valence-electron chi connectivity index (χ3n) is 3.31. The molecule has 0 bridgehead atoms. The van der Waals surface area contributed by atoms with Gasteiger partial charge in [-0.2, -0.15) is 5.10 Å². The van der Waals surface area contributed by atoms with Gasteiger partial charge in [0.25, 0.3) is 5.56 Å². The molecular formula is C16H13N3OS. The van der Waals surface area contributed by atoms with Crippen LogP contribution in [-0.4, -0.2) is 14.8 Å². The lowest BCUT2D eigenvalue weighted by Gasteiger charge is -2.07. The van der Waals surface area contributed by atoms with Gasteiger partial charge in [0.1, 0.15) is 4.99 Å². The number of nitrogens with zero attached hydrogens (tertiary/aromatic N) is 2. The Morgan fingerprint density at radius 2 is 2.00 bits per heavy atom. The van der Waals surface area contributed by atoms with Crippen LogP contribution < -0.4 is 11.3 Å². The van der Waals surface area contributed by atoms with Crippen LogP contribution >= 0.6 is 12.2 Å². The summed E-state index contributed by atoms with van der Waals surface area (Å²) in [7, 11) is 0. The minimum atomic E-state index is -0.103. The van der Waals surface area contributed by atoms with Crippen LogP contribution in [0, 0.1) is 0 Å². The Bertz CT molecular complexity index is 886. The quantitative estimate of drug-likeness (QED) is 0.752. The Balaban J connectivity index is 2.02. The number of nitrogens with two attached hydrogens (primary N) is 1. The summed E-state index contributed by atoms with van der Waals surface area (Å²) in [5, 5.41) is 5.72. The summed E-state index contributed by atoms with van der Waals surface area (Å²) in [6.07, 6.45) is 1.70. The number of aromatic nitrogens is 2. The van der Waals surface area contributed by atoms with Crippen molar-refractivity contribution in [1.82, 2.24) is 9.78 Å². The van der Waals surface area contributed by atoms with Crippen LogP contribution in [-0.2, 0) is 6.54 Å². The van der Waals surface area contributed by atoms with Gasteiger partial charge in [0.05, 0.1) is 18.1 Å². The first-order valence-electron chi connectivity index (χ1n) is 6.49. The van der Waals surface area contributed by atoms with Crippen molar-refractivity contribution in [2.75, 3.05) is 0 Å². The van der Waals surface area contributed by atoms with Crippen molar-refractivity contribution in [3.63, 3.8) is 0 Å². The van der Waals surface area contributed by atoms with E-state index in [4.69, 9.17) is 18.0 Å². The van der Waals surface area contributed by atoms with E-state index in [1.807, 2.05) is 42.5 Å². The molecule has 0 aliphatic heterocycles. The summed E-state index contributed by atoms with van der Waals surface area (Å²) < 4.78 is 1.45. The van der Waals surface area contributed by atoms with Gasteiger partial charge in [0.2, 0.25) is 0 Å². The second kappa shape index (κ2) is 5.46. The second-order valence-corrected chi connectivity index (χ2v) is 5.20. The third kappa shape index (κ3) is 2.68. The first-order valence-corrected chi connectivity index (χ1v) is 6.89. The highest BCUT2D eigenvalue weighted by Gasteiger charge is 2.05. The molecule has 4 nitrogen and oxygen atoms in total. The van der Waals surface area contributed by atoms with Gasteiger partial charge in [-0.25, -0.2) is 4.68 Å². The normalized spacial score (nSPS) is 10.7. The average molecular weight is 295 g/mol. The number of hydrogen-bond donors (Lipinski definition) is 1. The van der Waals surface area contributed by atoms with Gasteiger partial charge >= 0.3 is 0 Å². The molecule has 2 N–H and O–H groups in total. The molecule has 0 unspecified atom stereocenters. The molecule has 0 fully saturated rings. The third-order valence-corrected chi connectivity index (χ3v) is 3.54. The smallest absolute Gasteiger partial charge is 0.274 e. The predicted octanol–water partition coefficient (Wildman–Crippen LogP) is 2.08. The van der Waals surface area contributed by atoms with E-state index >= 15 is 0 Å². The highest BCUT2D eigenvalue weighted by molar-refractivity contribution is 7.80. The van der Waals surface area contributed by atoms with Crippen molar-refractivity contribution in [1.29, 1.82) is 0 Å². The number of rotatable bonds is 3. The van der Waals surface area contributed by atoms with Crippen LogP contribution in [0.1, 0.15) is 11.1 Å². The van der Waals surface area contributed by atoms with E-state index in [1.165, 1.54) is 4.68 Å². The Morgan fingerprint density at radius 1 is 1.19 bits per heavy atom. The highest BCUT2D eigenvalue weighted by atomic mass is 32.1. The molecule has 3 rings (SSSR count). The van der Waals surface area contributed by atoms with Crippen molar-refractivity contribution in [2.45, 2.75) is 6.54 Å². The number of fused-ring (bicyclic) bond motifs is 1. The van der Waals surface area contributed by atoms with Crippen LogP contribution in [0.2, 0.25) is 0 Å². The lowest BCUT2D eigenvalue weighted by molar-refractivity contribution is 0.647. The van der Waals surface area contributed by atoms with Crippen molar-refractivity contribution < 1.29 is 0 Å². The topological polar surface area (TPSA) is 60.9 Å². The fraction of sp³-hybridized carbons (Fsp3) is 0.0625. The zero-order valence-corrected chi connectivity index (χ0v) is 12.0. The fourth-order valence-corrected chi connectivity index (χ4v) is 2.36. The SMILES string of the molecule is NC(=S)c1cccc(Cn2ncc3ccccc3c2=O)c1. The second-order valence-electron chi connectivity index (χ2n) is 4.76. The summed E-state index contributed by atoms with van der Waals surface area (Å²) in [6.45, 7) is 0.389. The molecule has 1 aromatic heterocycles. The molecule has 0 amide bonds. The van der Waals surface area contributed by atoms with E-state index in [1.54, 1.807) is 12.3 Å². The van der Waals surface area contributed by atoms with Gasteiger partial charge in [0.15, 0.2) is 0 Å². The van der Waals surface area contributed by atoms with Crippen LogP contribution in [0.15, 0.2) is 59.5 Å². The Labute approximate surface area is 126 Å². The van der Waals surface area contributed by atoms with Gasteiger partial charge in [-0.15, -0.1) is 0 Å². The lowest BCUT2D eigenvalue weighted by atomic mass is 10.1. The van der Waals surface area contributed by atoms with E-state index in [2.05, 4.69) is 5.10 Å². The van der Waals surface area contributed by atoms with E-state index in [9.17, 15) is 4.79 Å². The van der Waals surface area contributed by atoms with E-state index in [0.717, 1.165) is 16.5 Å². The molecule has 0 radical (unpaired) electrons. The van der Waals surface area contributed by atoms with Gasteiger partial charge in [0, 0.05) is 10.9 Å². The van der Waals surface area contributed by atoms with Gasteiger partial charge in [-0.05, 0) is 17.7 Å². The van der Waals surface area contributed by atoms with Gasteiger partial charge in [-0.3, -0.25) is 4.79 Å². The molecule has 1 heterocycles. The molecule has 21 heavy (non-hydrogen) atoms. The standard InChI is InChI=1S/C16H13N3OS/c17-15(21)12-6-3-4-11(8-12)10-19-16(20)14-7-2-1-5-13(14)9-18-19/h1-9H,10H2,(H2,17,21). The maximum atomic E-state index is 12.4. The van der Waals surface area contributed by atoms with Crippen LogP contribution in [0.3, 0.4) is 0 Å². The van der Waals surface area contributed by atoms with Crippen LogP contribution in [0.25, 0.3) is 10.8 Å². The minimum Gasteiger partial charge on any atom is -0.389 e. The number of thiocarbonyl (C=S) groups is 1. The van der Waals surface area contributed by atoms with Crippen LogP contribution in [0.4, 0.5) is 0 Å². The monoisotopic (exact) mass is 295 g/mol. The molecule has 104 valence electrons. The summed E-state index contributed by atoms with van der Waals surface area (Å²) in [6, 6.07) is 14.9. The number of hydrogen-bond acceptors (Lipinski definition) is 3. The molecule has 0 spiro atoms. The lowest BCUT2D eigenvalue weighted by Crippen LogP contribution is -2.23. The molecule has 0 aliphatic rings. The first kappa shape index (κ1) is 13.5. The summed E-state index contributed by atoms with van der Waals surface area (Å²) in [4.78, 5) is 12.7. The first-order chi connectivity index (χ1) is 10.1. The molecule has 5 heteroatoms. The summed E-state index contributed by atoms with van der Waals surface area (Å²) >= 11 is 4.97. The van der Waals surface area contributed by atoms with Crippen molar-refractivity contribution in [3.8, 4) is 0 Å². The molecule has 0 aliphatic carbocycles. The van der Waals surface area contributed by atoms with E-state index < -0.39 is 0 Å². The zero-order chi connectivity index (χ0) is 14.8. The van der Waals surface area contributed by atoms with Crippen molar-refractivity contribution in [3.05, 3.63) is 76.2 Å². The van der Waals surface area contributed by atoms with E-state index in [0.29, 0.717) is 16.9 Å². The molecular weight excluding hydrogens is 282 g/mol. The highest BCUT2D eigenvalue weighted by Crippen LogP contribution is 2.09. The minimum absolute atomic E-state index is 0.103. The molecule has 3 aromatic rings. The largest absolute Gasteiger partial charge is 0.389 e. The molecule has 2 aromatic carbocycles. The van der Waals surface area contributed by atoms with Crippen molar-refractivity contribution in [2.24, 2.45) is 5.73 Å². The van der Waals surface area contributed by atoms with Gasteiger partial charge < -0.3 is 5.73 Å². The molecule has 0 atom stereocenters. The zero-order valence-electron chi connectivity index (χ0n) is 11.2. The maximum Gasteiger partial charge on any atom is 0.274 e. The summed E-state index contributed by atoms with van der Waals surface area (Å²) in [5.74, 6) is 0.